The Kier molecular flexibility index (Phi) is 6.19. The van der Waals surface area contributed by atoms with E-state index in [0.29, 0.717) is 32.1 Å². The zero-order chi connectivity index (χ0) is 24.5. The molecular formula is C26H37FO7. The SMILES string of the molecule is CC(=O)C1=C(O)C[C@@H]2C[C@@H]3CC4C(C5CCCCC5F)CCC(O)C4C(=O)C3C(O)[C@]2(O)C1O. The first-order valence-electron chi connectivity index (χ1n) is 12.9. The summed E-state index contributed by atoms with van der Waals surface area (Å²) in [6.07, 6.45) is -0.165. The lowest BCUT2D eigenvalue weighted by atomic mass is 9.48. The van der Waals surface area contributed by atoms with E-state index >= 15 is 0 Å². The van der Waals surface area contributed by atoms with Gasteiger partial charge >= 0.3 is 0 Å². The Hall–Kier alpha value is -1.35. The second kappa shape index (κ2) is 8.64. The van der Waals surface area contributed by atoms with Crippen molar-refractivity contribution in [1.29, 1.82) is 0 Å². The van der Waals surface area contributed by atoms with Gasteiger partial charge < -0.3 is 25.5 Å². The molecule has 0 aromatic rings. The molecule has 0 heterocycles. The highest BCUT2D eigenvalue weighted by Gasteiger charge is 2.65. The van der Waals surface area contributed by atoms with Crippen molar-refractivity contribution in [3.63, 3.8) is 0 Å². The van der Waals surface area contributed by atoms with Gasteiger partial charge in [-0.25, -0.2) is 4.39 Å². The summed E-state index contributed by atoms with van der Waals surface area (Å²) >= 11 is 0. The monoisotopic (exact) mass is 480 g/mol. The number of carbonyl (C=O) groups excluding carboxylic acids is 2. The van der Waals surface area contributed by atoms with Crippen LogP contribution in [0.15, 0.2) is 11.3 Å². The summed E-state index contributed by atoms with van der Waals surface area (Å²) < 4.78 is 14.9. The molecule has 5 rings (SSSR count). The minimum absolute atomic E-state index is 0.00103. The lowest BCUT2D eigenvalue weighted by Gasteiger charge is -2.58. The van der Waals surface area contributed by atoms with Gasteiger partial charge in [0.2, 0.25) is 0 Å². The first-order chi connectivity index (χ1) is 16.1. The number of alkyl halides is 1. The second-order valence-electron chi connectivity index (χ2n) is 11.7. The molecule has 190 valence electrons. The van der Waals surface area contributed by atoms with Gasteiger partial charge in [-0.05, 0) is 69.1 Å². The number of carbonyl (C=O) groups is 2. The maximum Gasteiger partial charge on any atom is 0.161 e. The number of rotatable bonds is 2. The molecule has 5 aliphatic carbocycles. The molecule has 0 amide bonds. The fourth-order valence-corrected chi connectivity index (χ4v) is 8.61. The maximum absolute atomic E-state index is 14.9. The van der Waals surface area contributed by atoms with Crippen molar-refractivity contribution >= 4 is 11.6 Å². The molecule has 0 spiro atoms. The van der Waals surface area contributed by atoms with Crippen LogP contribution in [0.3, 0.4) is 0 Å². The number of allylic oxidation sites excluding steroid dienone is 1. The highest BCUT2D eigenvalue weighted by molar-refractivity contribution is 5.95. The Labute approximate surface area is 199 Å². The van der Waals surface area contributed by atoms with E-state index in [1.165, 1.54) is 6.92 Å². The van der Waals surface area contributed by atoms with Gasteiger partial charge in [0.1, 0.15) is 29.4 Å². The number of fused-ring (bicyclic) bond motifs is 3. The average molecular weight is 481 g/mol. The number of ketones is 2. The lowest BCUT2D eigenvalue weighted by Crippen LogP contribution is -2.70. The summed E-state index contributed by atoms with van der Waals surface area (Å²) in [6, 6.07) is 0. The molecule has 12 atom stereocenters. The van der Waals surface area contributed by atoms with Gasteiger partial charge in [-0.2, -0.15) is 0 Å². The Balaban J connectivity index is 1.48. The van der Waals surface area contributed by atoms with Gasteiger partial charge in [-0.15, -0.1) is 0 Å². The third-order valence-corrected chi connectivity index (χ3v) is 10.1. The standard InChI is InChI=1S/C26H37FO7/c1-11(28)20-19(30)10-13-8-12-9-16-14(15-4-2-3-5-17(15)27)6-7-18(29)22(16)23(31)21(12)25(33)26(13,34)24(20)32/h12-18,21-22,24-25,29-30,32-34H,2-10H2,1H3/t12-,13+,14?,15?,16?,17?,18?,21?,22?,24?,25?,26-/m1/s1. The smallest absolute Gasteiger partial charge is 0.161 e. The van der Waals surface area contributed by atoms with Gasteiger partial charge in [-0.1, -0.05) is 12.8 Å². The van der Waals surface area contributed by atoms with Crippen molar-refractivity contribution in [3.05, 3.63) is 11.3 Å². The van der Waals surface area contributed by atoms with E-state index in [4.69, 9.17) is 0 Å². The fraction of sp³-hybridized carbons (Fsp3) is 0.846. The largest absolute Gasteiger partial charge is 0.512 e. The van der Waals surface area contributed by atoms with Gasteiger partial charge in [-0.3, -0.25) is 9.59 Å². The zero-order valence-corrected chi connectivity index (χ0v) is 19.6. The number of aliphatic hydroxyl groups is 5. The molecule has 8 heteroatoms. The van der Waals surface area contributed by atoms with E-state index < -0.39 is 53.6 Å². The van der Waals surface area contributed by atoms with Gasteiger partial charge in [0.05, 0.1) is 17.8 Å². The van der Waals surface area contributed by atoms with Crippen LogP contribution in [0.4, 0.5) is 4.39 Å². The molecule has 0 aromatic carbocycles. The number of aliphatic hydroxyl groups excluding tert-OH is 4. The summed E-state index contributed by atoms with van der Waals surface area (Å²) in [6.45, 7) is 1.18. The first-order valence-corrected chi connectivity index (χ1v) is 12.9. The molecule has 34 heavy (non-hydrogen) atoms. The molecule has 4 saturated carbocycles. The predicted molar refractivity (Wildman–Crippen MR) is 119 cm³/mol. The van der Waals surface area contributed by atoms with Crippen LogP contribution in [0.25, 0.3) is 0 Å². The Morgan fingerprint density at radius 1 is 0.971 bits per heavy atom. The molecule has 7 nitrogen and oxygen atoms in total. The average Bonchev–Trinajstić information content (AvgIpc) is 2.77. The van der Waals surface area contributed by atoms with Gasteiger partial charge in [0, 0.05) is 24.2 Å². The predicted octanol–water partition coefficient (Wildman–Crippen LogP) is 2.00. The summed E-state index contributed by atoms with van der Waals surface area (Å²) in [7, 11) is 0. The van der Waals surface area contributed by atoms with Crippen molar-refractivity contribution in [2.45, 2.75) is 94.8 Å². The molecule has 0 aromatic heterocycles. The van der Waals surface area contributed by atoms with Crippen LogP contribution in [0.1, 0.15) is 64.7 Å². The van der Waals surface area contributed by atoms with Crippen LogP contribution in [-0.4, -0.2) is 67.2 Å². The molecule has 0 saturated heterocycles. The molecule has 0 aliphatic heterocycles. The van der Waals surface area contributed by atoms with E-state index in [-0.39, 0.29) is 47.2 Å². The Morgan fingerprint density at radius 3 is 2.35 bits per heavy atom. The van der Waals surface area contributed by atoms with Crippen LogP contribution in [0.5, 0.6) is 0 Å². The molecule has 5 aliphatic rings. The van der Waals surface area contributed by atoms with E-state index in [0.717, 1.165) is 19.3 Å². The van der Waals surface area contributed by atoms with Crippen molar-refractivity contribution in [2.24, 2.45) is 41.4 Å². The number of Topliss-reactive ketones (excluding diaryl/α,β-unsaturated/α-hetero) is 2. The van der Waals surface area contributed by atoms with Crippen molar-refractivity contribution in [2.75, 3.05) is 0 Å². The molecule has 5 N–H and O–H groups in total. The number of hydrogen-bond donors (Lipinski definition) is 5. The van der Waals surface area contributed by atoms with E-state index in [2.05, 4.69) is 0 Å². The summed E-state index contributed by atoms with van der Waals surface area (Å²) in [5.74, 6) is -4.22. The second-order valence-corrected chi connectivity index (χ2v) is 11.7. The van der Waals surface area contributed by atoms with Crippen molar-refractivity contribution in [1.82, 2.24) is 0 Å². The van der Waals surface area contributed by atoms with Crippen molar-refractivity contribution in [3.8, 4) is 0 Å². The van der Waals surface area contributed by atoms with E-state index in [9.17, 15) is 39.5 Å². The number of halogens is 1. The van der Waals surface area contributed by atoms with E-state index in [1.807, 2.05) is 0 Å². The minimum atomic E-state index is -2.14. The minimum Gasteiger partial charge on any atom is -0.512 e. The molecule has 0 radical (unpaired) electrons. The Bertz CT molecular complexity index is 888. The normalized spacial score (nSPS) is 51.4. The van der Waals surface area contributed by atoms with E-state index in [1.54, 1.807) is 0 Å². The summed E-state index contributed by atoms with van der Waals surface area (Å²) in [5.41, 5.74) is -2.45. The fourth-order valence-electron chi connectivity index (χ4n) is 8.61. The Morgan fingerprint density at radius 2 is 1.68 bits per heavy atom. The van der Waals surface area contributed by atoms with Gasteiger partial charge in [0.15, 0.2) is 5.78 Å². The van der Waals surface area contributed by atoms with Crippen molar-refractivity contribution < 1.29 is 39.5 Å². The zero-order valence-electron chi connectivity index (χ0n) is 19.6. The van der Waals surface area contributed by atoms with Crippen LogP contribution in [-0.2, 0) is 9.59 Å². The molecule has 9 unspecified atom stereocenters. The molecule has 0 bridgehead atoms. The molecular weight excluding hydrogens is 443 g/mol. The van der Waals surface area contributed by atoms with Gasteiger partial charge in [0.25, 0.3) is 0 Å². The number of hydrogen-bond acceptors (Lipinski definition) is 7. The highest BCUT2D eigenvalue weighted by Crippen LogP contribution is 2.58. The highest BCUT2D eigenvalue weighted by atomic mass is 19.1. The molecule has 4 fully saturated rings. The first kappa shape index (κ1) is 24.3. The van der Waals surface area contributed by atoms with Crippen LogP contribution >= 0.6 is 0 Å². The topological polar surface area (TPSA) is 135 Å². The van der Waals surface area contributed by atoms with Crippen LogP contribution < -0.4 is 0 Å². The maximum atomic E-state index is 14.9. The summed E-state index contributed by atoms with van der Waals surface area (Å²) in [4.78, 5) is 25.8. The third-order valence-electron chi connectivity index (χ3n) is 10.1. The lowest BCUT2D eigenvalue weighted by molar-refractivity contribution is -0.231. The quantitative estimate of drug-likeness (QED) is 0.408. The van der Waals surface area contributed by atoms with Crippen LogP contribution in [0.2, 0.25) is 0 Å². The van der Waals surface area contributed by atoms with Crippen LogP contribution in [0, 0.1) is 41.4 Å². The summed E-state index contributed by atoms with van der Waals surface area (Å²) in [5, 5.41) is 55.0. The third kappa shape index (κ3) is 3.43.